The Labute approximate surface area is 106 Å². The van der Waals surface area contributed by atoms with Crippen molar-refractivity contribution in [3.63, 3.8) is 0 Å². The summed E-state index contributed by atoms with van der Waals surface area (Å²) in [5.41, 5.74) is 10.2. The molecule has 0 saturated heterocycles. The van der Waals surface area contributed by atoms with Gasteiger partial charge in [0.15, 0.2) is 0 Å². The van der Waals surface area contributed by atoms with Gasteiger partial charge in [0, 0.05) is 6.04 Å². The first kappa shape index (κ1) is 11.3. The normalized spacial score (nSPS) is 18.7. The molecule has 4 nitrogen and oxygen atoms in total. The minimum Gasteiger partial charge on any atom is -0.506 e. The number of para-hydroxylation sites is 2. The first-order valence-electron chi connectivity index (χ1n) is 6.31. The van der Waals surface area contributed by atoms with Crippen LogP contribution in [-0.2, 0) is 6.42 Å². The topological polar surface area (TPSA) is 64.1 Å². The van der Waals surface area contributed by atoms with Crippen molar-refractivity contribution in [1.29, 1.82) is 0 Å². The first-order valence-corrected chi connectivity index (χ1v) is 6.31. The number of hydrogen-bond acceptors (Lipinski definition) is 3. The molecule has 1 unspecified atom stereocenters. The number of phenolic OH excluding ortho intramolecular Hbond substituents is 1. The standard InChI is InChI=1S/C14H17N3O/c1-9-10-5-4-6-11(15)14(10)17(16-9)12-7-2-3-8-13(12)18/h2-3,7-8,11,18H,4-6,15H2,1H3. The van der Waals surface area contributed by atoms with E-state index in [4.69, 9.17) is 5.73 Å². The fourth-order valence-electron chi connectivity index (χ4n) is 2.73. The van der Waals surface area contributed by atoms with E-state index in [-0.39, 0.29) is 11.8 Å². The van der Waals surface area contributed by atoms with Gasteiger partial charge in [-0.2, -0.15) is 5.10 Å². The van der Waals surface area contributed by atoms with Crippen molar-refractivity contribution < 1.29 is 5.11 Å². The maximum absolute atomic E-state index is 9.96. The van der Waals surface area contributed by atoms with Gasteiger partial charge in [0.2, 0.25) is 0 Å². The summed E-state index contributed by atoms with van der Waals surface area (Å²) in [6.45, 7) is 2.01. The Morgan fingerprint density at radius 3 is 2.94 bits per heavy atom. The van der Waals surface area contributed by atoms with Gasteiger partial charge in [-0.15, -0.1) is 0 Å². The van der Waals surface area contributed by atoms with Crippen LogP contribution < -0.4 is 5.73 Å². The molecule has 0 fully saturated rings. The number of aryl methyl sites for hydroxylation is 1. The largest absolute Gasteiger partial charge is 0.506 e. The molecule has 3 N–H and O–H groups in total. The van der Waals surface area contributed by atoms with Crippen molar-refractivity contribution in [2.24, 2.45) is 5.73 Å². The summed E-state index contributed by atoms with van der Waals surface area (Å²) in [5.74, 6) is 0.237. The number of nitrogens with two attached hydrogens (primary N) is 1. The molecular formula is C14H17N3O. The van der Waals surface area contributed by atoms with E-state index in [9.17, 15) is 5.11 Å². The summed E-state index contributed by atoms with van der Waals surface area (Å²) in [6.07, 6.45) is 3.12. The van der Waals surface area contributed by atoms with Crippen LogP contribution in [0.3, 0.4) is 0 Å². The van der Waals surface area contributed by atoms with Crippen molar-refractivity contribution >= 4 is 0 Å². The van der Waals surface area contributed by atoms with Gasteiger partial charge in [-0.3, -0.25) is 0 Å². The highest BCUT2D eigenvalue weighted by Crippen LogP contribution is 2.33. The Morgan fingerprint density at radius 2 is 2.17 bits per heavy atom. The minimum atomic E-state index is 0.00885. The second kappa shape index (κ2) is 4.14. The van der Waals surface area contributed by atoms with Gasteiger partial charge in [-0.1, -0.05) is 12.1 Å². The molecule has 0 spiro atoms. The third-order valence-electron chi connectivity index (χ3n) is 3.63. The van der Waals surface area contributed by atoms with Crippen LogP contribution in [-0.4, -0.2) is 14.9 Å². The molecule has 1 aromatic heterocycles. The predicted molar refractivity (Wildman–Crippen MR) is 69.8 cm³/mol. The molecule has 0 radical (unpaired) electrons. The van der Waals surface area contributed by atoms with E-state index >= 15 is 0 Å². The Bertz CT molecular complexity index is 589. The average molecular weight is 243 g/mol. The highest BCUT2D eigenvalue weighted by atomic mass is 16.3. The van der Waals surface area contributed by atoms with Gasteiger partial charge in [0.05, 0.1) is 11.4 Å². The van der Waals surface area contributed by atoms with Crippen LogP contribution in [0.5, 0.6) is 5.75 Å². The van der Waals surface area contributed by atoms with Crippen LogP contribution in [0.4, 0.5) is 0 Å². The quantitative estimate of drug-likeness (QED) is 0.807. The second-order valence-corrected chi connectivity index (χ2v) is 4.85. The van der Waals surface area contributed by atoms with Gasteiger partial charge >= 0.3 is 0 Å². The zero-order chi connectivity index (χ0) is 12.7. The maximum Gasteiger partial charge on any atom is 0.141 e. The number of nitrogens with zero attached hydrogens (tertiary/aromatic N) is 2. The minimum absolute atomic E-state index is 0.00885. The van der Waals surface area contributed by atoms with Crippen molar-refractivity contribution in [3.05, 3.63) is 41.2 Å². The zero-order valence-electron chi connectivity index (χ0n) is 10.4. The third kappa shape index (κ3) is 1.61. The van der Waals surface area contributed by atoms with Crippen molar-refractivity contribution in [2.75, 3.05) is 0 Å². The van der Waals surface area contributed by atoms with E-state index in [0.717, 1.165) is 30.7 Å². The molecule has 1 heterocycles. The molecule has 4 heteroatoms. The lowest BCUT2D eigenvalue weighted by Crippen LogP contribution is -2.20. The number of rotatable bonds is 1. The molecule has 0 amide bonds. The number of phenols is 1. The SMILES string of the molecule is Cc1nn(-c2ccccc2O)c2c1CCCC2N. The smallest absolute Gasteiger partial charge is 0.141 e. The fourth-order valence-corrected chi connectivity index (χ4v) is 2.73. The third-order valence-corrected chi connectivity index (χ3v) is 3.63. The van der Waals surface area contributed by atoms with Gasteiger partial charge in [-0.25, -0.2) is 4.68 Å². The number of aromatic nitrogens is 2. The van der Waals surface area contributed by atoms with E-state index in [0.29, 0.717) is 5.69 Å². The molecule has 1 atom stereocenters. The van der Waals surface area contributed by atoms with Gasteiger partial charge in [0.25, 0.3) is 0 Å². The molecular weight excluding hydrogens is 226 g/mol. The summed E-state index contributed by atoms with van der Waals surface area (Å²) in [5, 5.41) is 14.5. The van der Waals surface area contributed by atoms with Crippen molar-refractivity contribution in [3.8, 4) is 11.4 Å². The average Bonchev–Trinajstić information content (AvgIpc) is 2.69. The number of benzene rings is 1. The lowest BCUT2D eigenvalue weighted by atomic mass is 9.92. The maximum atomic E-state index is 9.96. The van der Waals surface area contributed by atoms with Crippen molar-refractivity contribution in [2.45, 2.75) is 32.2 Å². The van der Waals surface area contributed by atoms with Crippen LogP contribution in [0.2, 0.25) is 0 Å². The highest BCUT2D eigenvalue weighted by molar-refractivity contribution is 5.48. The molecule has 0 bridgehead atoms. The summed E-state index contributed by atoms with van der Waals surface area (Å²) in [6, 6.07) is 7.25. The zero-order valence-corrected chi connectivity index (χ0v) is 10.4. The highest BCUT2D eigenvalue weighted by Gasteiger charge is 2.25. The molecule has 0 saturated carbocycles. The van der Waals surface area contributed by atoms with Crippen LogP contribution in [0.1, 0.15) is 35.8 Å². The summed E-state index contributed by atoms with van der Waals surface area (Å²) >= 11 is 0. The number of aromatic hydroxyl groups is 1. The van der Waals surface area contributed by atoms with Crippen molar-refractivity contribution in [1.82, 2.24) is 9.78 Å². The predicted octanol–water partition coefficient (Wildman–Crippen LogP) is 2.22. The van der Waals surface area contributed by atoms with E-state index in [1.165, 1.54) is 5.56 Å². The van der Waals surface area contributed by atoms with Gasteiger partial charge in [0.1, 0.15) is 11.4 Å². The molecule has 94 valence electrons. The molecule has 0 aliphatic heterocycles. The molecule has 1 aliphatic carbocycles. The summed E-state index contributed by atoms with van der Waals surface area (Å²) < 4.78 is 1.81. The number of hydrogen-bond donors (Lipinski definition) is 2. The monoisotopic (exact) mass is 243 g/mol. The van der Waals surface area contributed by atoms with E-state index in [1.54, 1.807) is 6.07 Å². The van der Waals surface area contributed by atoms with Crippen LogP contribution in [0.15, 0.2) is 24.3 Å². The summed E-state index contributed by atoms with van der Waals surface area (Å²) in [4.78, 5) is 0. The molecule has 2 aromatic rings. The van der Waals surface area contributed by atoms with Crippen LogP contribution in [0, 0.1) is 6.92 Å². The molecule has 3 rings (SSSR count). The van der Waals surface area contributed by atoms with Crippen LogP contribution >= 0.6 is 0 Å². The molecule has 1 aromatic carbocycles. The first-order chi connectivity index (χ1) is 8.68. The Kier molecular flexibility index (Phi) is 2.59. The Balaban J connectivity index is 2.22. The molecule has 1 aliphatic rings. The lowest BCUT2D eigenvalue weighted by Gasteiger charge is -2.21. The number of fused-ring (bicyclic) bond motifs is 1. The Hall–Kier alpha value is -1.81. The Morgan fingerprint density at radius 1 is 1.39 bits per heavy atom. The van der Waals surface area contributed by atoms with Crippen LogP contribution in [0.25, 0.3) is 5.69 Å². The molecule has 18 heavy (non-hydrogen) atoms. The lowest BCUT2D eigenvalue weighted by molar-refractivity contribution is 0.466. The van der Waals surface area contributed by atoms with E-state index in [1.807, 2.05) is 29.8 Å². The van der Waals surface area contributed by atoms with Gasteiger partial charge in [-0.05, 0) is 43.9 Å². The van der Waals surface area contributed by atoms with E-state index < -0.39 is 0 Å². The van der Waals surface area contributed by atoms with Gasteiger partial charge < -0.3 is 10.8 Å². The second-order valence-electron chi connectivity index (χ2n) is 4.85. The fraction of sp³-hybridized carbons (Fsp3) is 0.357. The summed E-state index contributed by atoms with van der Waals surface area (Å²) in [7, 11) is 0. The van der Waals surface area contributed by atoms with E-state index in [2.05, 4.69) is 5.10 Å².